The molecule has 0 saturated carbocycles. The summed E-state index contributed by atoms with van der Waals surface area (Å²) in [4.78, 5) is 37.5. The van der Waals surface area contributed by atoms with Gasteiger partial charge >= 0.3 is 0 Å². The number of halogens is 1. The summed E-state index contributed by atoms with van der Waals surface area (Å²) in [5.74, 6) is -0.963. The zero-order chi connectivity index (χ0) is 18.0. The number of fused-ring (bicyclic) bond motifs is 1. The number of nitrogens with zero attached hydrogens (tertiary/aromatic N) is 1. The Bertz CT molecular complexity index is 866. The molecule has 0 spiro atoms. The lowest BCUT2D eigenvalue weighted by Crippen LogP contribution is -2.41. The number of carbonyl (C=O) groups is 3. The van der Waals surface area contributed by atoms with Gasteiger partial charge in [-0.1, -0.05) is 23.7 Å². The smallest absolute Gasteiger partial charge is 0.271 e. The highest BCUT2D eigenvalue weighted by molar-refractivity contribution is 6.33. The first-order chi connectivity index (χ1) is 12.0. The number of carbonyl (C=O) groups excluding carboxylic acids is 3. The Hall–Kier alpha value is -2.86. The van der Waals surface area contributed by atoms with Gasteiger partial charge in [0, 0.05) is 24.7 Å². The summed E-state index contributed by atoms with van der Waals surface area (Å²) in [6.45, 7) is 2.12. The Labute approximate surface area is 149 Å². The molecule has 0 atom stereocenters. The van der Waals surface area contributed by atoms with Crippen LogP contribution in [0, 0.1) is 0 Å². The number of nitrogens with one attached hydrogen (secondary N) is 2. The first kappa shape index (κ1) is 17.0. The van der Waals surface area contributed by atoms with Gasteiger partial charge in [0.25, 0.3) is 11.8 Å². The van der Waals surface area contributed by atoms with Gasteiger partial charge in [-0.2, -0.15) is 0 Å². The number of rotatable bonds is 2. The van der Waals surface area contributed by atoms with Crippen LogP contribution in [0.1, 0.15) is 33.2 Å². The molecule has 0 aliphatic carbocycles. The van der Waals surface area contributed by atoms with E-state index in [0.717, 1.165) is 11.3 Å². The Balaban J connectivity index is 1.68. The normalized spacial score (nSPS) is 12.5. The van der Waals surface area contributed by atoms with E-state index in [1.165, 1.54) is 6.92 Å². The van der Waals surface area contributed by atoms with Crippen molar-refractivity contribution in [2.75, 3.05) is 11.4 Å². The molecular formula is C18H16ClN3O3. The first-order valence-corrected chi connectivity index (χ1v) is 8.11. The van der Waals surface area contributed by atoms with Crippen LogP contribution in [0.4, 0.5) is 5.69 Å². The predicted octanol–water partition coefficient (Wildman–Crippen LogP) is 2.32. The lowest BCUT2D eigenvalue weighted by Gasteiger charge is -2.15. The third kappa shape index (κ3) is 3.49. The van der Waals surface area contributed by atoms with Gasteiger partial charge < -0.3 is 4.90 Å². The molecule has 2 aromatic carbocycles. The van der Waals surface area contributed by atoms with Gasteiger partial charge in [0.1, 0.15) is 0 Å². The molecule has 2 N–H and O–H groups in total. The second-order valence-electron chi connectivity index (χ2n) is 5.65. The van der Waals surface area contributed by atoms with Crippen LogP contribution in [0.2, 0.25) is 5.02 Å². The highest BCUT2D eigenvalue weighted by Gasteiger charge is 2.23. The van der Waals surface area contributed by atoms with E-state index in [1.807, 2.05) is 0 Å². The molecule has 1 aliphatic rings. The fourth-order valence-electron chi connectivity index (χ4n) is 2.77. The second kappa shape index (κ2) is 6.94. The van der Waals surface area contributed by atoms with E-state index >= 15 is 0 Å². The Morgan fingerprint density at radius 3 is 2.48 bits per heavy atom. The minimum absolute atomic E-state index is 0.0250. The van der Waals surface area contributed by atoms with E-state index in [9.17, 15) is 14.4 Å². The van der Waals surface area contributed by atoms with Crippen LogP contribution in [0.15, 0.2) is 42.5 Å². The molecule has 6 nitrogen and oxygen atoms in total. The monoisotopic (exact) mass is 357 g/mol. The number of amides is 3. The van der Waals surface area contributed by atoms with Crippen molar-refractivity contribution < 1.29 is 14.4 Å². The van der Waals surface area contributed by atoms with Gasteiger partial charge in [-0.05, 0) is 42.3 Å². The maximum absolute atomic E-state index is 12.2. The van der Waals surface area contributed by atoms with Crippen LogP contribution >= 0.6 is 11.6 Å². The second-order valence-corrected chi connectivity index (χ2v) is 6.06. The molecule has 0 bridgehead atoms. The topological polar surface area (TPSA) is 78.5 Å². The van der Waals surface area contributed by atoms with E-state index in [0.29, 0.717) is 23.6 Å². The lowest BCUT2D eigenvalue weighted by molar-refractivity contribution is -0.116. The summed E-state index contributed by atoms with van der Waals surface area (Å²) in [5, 5.41) is 0.302. The molecule has 0 fully saturated rings. The van der Waals surface area contributed by atoms with Crippen molar-refractivity contribution in [1.82, 2.24) is 10.9 Å². The van der Waals surface area contributed by atoms with Crippen molar-refractivity contribution in [2.24, 2.45) is 0 Å². The zero-order valence-corrected chi connectivity index (χ0v) is 14.3. The van der Waals surface area contributed by atoms with Gasteiger partial charge in [0.2, 0.25) is 5.91 Å². The summed E-state index contributed by atoms with van der Waals surface area (Å²) < 4.78 is 0. The average Bonchev–Trinajstić information content (AvgIpc) is 3.03. The summed E-state index contributed by atoms with van der Waals surface area (Å²) in [6.07, 6.45) is 0.696. The van der Waals surface area contributed by atoms with Crippen molar-refractivity contribution in [3.63, 3.8) is 0 Å². The quantitative estimate of drug-likeness (QED) is 0.810. The minimum Gasteiger partial charge on any atom is -0.312 e. The van der Waals surface area contributed by atoms with Gasteiger partial charge in [-0.15, -0.1) is 0 Å². The summed E-state index contributed by atoms with van der Waals surface area (Å²) in [7, 11) is 0. The van der Waals surface area contributed by atoms with Crippen LogP contribution < -0.4 is 15.8 Å². The molecule has 0 radical (unpaired) electrons. The molecular weight excluding hydrogens is 342 g/mol. The van der Waals surface area contributed by atoms with E-state index in [2.05, 4.69) is 10.9 Å². The predicted molar refractivity (Wildman–Crippen MR) is 94.6 cm³/mol. The molecule has 0 aromatic heterocycles. The highest BCUT2D eigenvalue weighted by Crippen LogP contribution is 2.28. The van der Waals surface area contributed by atoms with Crippen molar-refractivity contribution in [3.05, 3.63) is 64.2 Å². The zero-order valence-electron chi connectivity index (χ0n) is 13.5. The average molecular weight is 358 g/mol. The SMILES string of the molecule is CC(=O)N1CCc2cc(C(=O)NNC(=O)c3ccccc3Cl)ccc21. The molecule has 128 valence electrons. The highest BCUT2D eigenvalue weighted by atomic mass is 35.5. The molecule has 2 aromatic rings. The van der Waals surface area contributed by atoms with Crippen LogP contribution in [-0.4, -0.2) is 24.3 Å². The number of hydrogen-bond donors (Lipinski definition) is 2. The van der Waals surface area contributed by atoms with Gasteiger partial charge in [0.05, 0.1) is 10.6 Å². The molecule has 1 aliphatic heterocycles. The summed E-state index contributed by atoms with van der Waals surface area (Å²) in [6, 6.07) is 11.7. The summed E-state index contributed by atoms with van der Waals surface area (Å²) in [5.41, 5.74) is 7.15. The van der Waals surface area contributed by atoms with Crippen LogP contribution in [-0.2, 0) is 11.2 Å². The van der Waals surface area contributed by atoms with Crippen LogP contribution in [0.3, 0.4) is 0 Å². The lowest BCUT2D eigenvalue weighted by atomic mass is 10.1. The van der Waals surface area contributed by atoms with E-state index in [4.69, 9.17) is 11.6 Å². The van der Waals surface area contributed by atoms with Gasteiger partial charge in [-0.25, -0.2) is 0 Å². The maximum atomic E-state index is 12.2. The van der Waals surface area contributed by atoms with Gasteiger partial charge in [0.15, 0.2) is 0 Å². The standard InChI is InChI=1S/C18H16ClN3O3/c1-11(23)22-9-8-12-10-13(6-7-16(12)22)17(24)20-21-18(25)14-4-2-3-5-15(14)19/h2-7,10H,8-9H2,1H3,(H,20,24)(H,21,25). The Kier molecular flexibility index (Phi) is 4.72. The Morgan fingerprint density at radius 1 is 1.04 bits per heavy atom. The van der Waals surface area contributed by atoms with Crippen molar-refractivity contribution in [2.45, 2.75) is 13.3 Å². The fraction of sp³-hybridized carbons (Fsp3) is 0.167. The third-order valence-electron chi connectivity index (χ3n) is 4.03. The third-order valence-corrected chi connectivity index (χ3v) is 4.35. The molecule has 0 saturated heterocycles. The van der Waals surface area contributed by atoms with E-state index in [1.54, 1.807) is 47.4 Å². The molecule has 0 unspecified atom stereocenters. The molecule has 3 rings (SSSR count). The van der Waals surface area contributed by atoms with Crippen molar-refractivity contribution in [3.8, 4) is 0 Å². The number of benzene rings is 2. The van der Waals surface area contributed by atoms with Crippen molar-refractivity contribution >= 4 is 35.0 Å². The largest absolute Gasteiger partial charge is 0.312 e. The number of hydrogen-bond acceptors (Lipinski definition) is 3. The first-order valence-electron chi connectivity index (χ1n) is 7.73. The van der Waals surface area contributed by atoms with Crippen molar-refractivity contribution in [1.29, 1.82) is 0 Å². The molecule has 25 heavy (non-hydrogen) atoms. The van der Waals surface area contributed by atoms with Gasteiger partial charge in [-0.3, -0.25) is 25.2 Å². The van der Waals surface area contributed by atoms with Crippen LogP contribution in [0.5, 0.6) is 0 Å². The molecule has 1 heterocycles. The Morgan fingerprint density at radius 2 is 1.76 bits per heavy atom. The minimum atomic E-state index is -0.497. The fourth-order valence-corrected chi connectivity index (χ4v) is 2.99. The molecule has 7 heteroatoms. The van der Waals surface area contributed by atoms with Crippen LogP contribution in [0.25, 0.3) is 0 Å². The summed E-state index contributed by atoms with van der Waals surface area (Å²) >= 11 is 5.95. The van der Waals surface area contributed by atoms with E-state index in [-0.39, 0.29) is 11.5 Å². The van der Waals surface area contributed by atoms with E-state index < -0.39 is 11.8 Å². The number of hydrazine groups is 1. The number of anilines is 1. The molecule has 3 amide bonds. The maximum Gasteiger partial charge on any atom is 0.271 e.